The first-order chi connectivity index (χ1) is 9.38. The monoisotopic (exact) mass is 287 g/mol. The molecule has 1 aliphatic heterocycles. The van der Waals surface area contributed by atoms with E-state index in [9.17, 15) is 13.2 Å². The first-order valence-corrected chi connectivity index (χ1v) is 6.68. The first-order valence-electron chi connectivity index (χ1n) is 6.68. The number of nitrogens with zero attached hydrogens (tertiary/aromatic N) is 2. The minimum absolute atomic E-state index is 0.575. The Morgan fingerprint density at radius 3 is 2.40 bits per heavy atom. The molecule has 20 heavy (non-hydrogen) atoms. The van der Waals surface area contributed by atoms with Crippen LogP contribution in [0.3, 0.4) is 0 Å². The fourth-order valence-electron chi connectivity index (χ4n) is 2.41. The number of halogens is 3. The third kappa shape index (κ3) is 3.64. The Morgan fingerprint density at radius 1 is 1.20 bits per heavy atom. The van der Waals surface area contributed by atoms with Crippen molar-refractivity contribution in [2.45, 2.75) is 12.7 Å². The summed E-state index contributed by atoms with van der Waals surface area (Å²) in [4.78, 5) is 4.00. The molecule has 1 aliphatic rings. The van der Waals surface area contributed by atoms with Crippen LogP contribution in [0.2, 0.25) is 0 Å². The van der Waals surface area contributed by atoms with Crippen LogP contribution in [-0.2, 0) is 12.7 Å². The van der Waals surface area contributed by atoms with Crippen LogP contribution in [0.25, 0.3) is 0 Å². The number of nitrogens with one attached hydrogen (secondary N) is 1. The normalized spacial score (nSPS) is 16.8. The Bertz CT molecular complexity index is 451. The van der Waals surface area contributed by atoms with Gasteiger partial charge in [-0.05, 0) is 31.8 Å². The van der Waals surface area contributed by atoms with Crippen molar-refractivity contribution in [1.82, 2.24) is 10.2 Å². The van der Waals surface area contributed by atoms with Gasteiger partial charge in [-0.2, -0.15) is 13.2 Å². The lowest BCUT2D eigenvalue weighted by Crippen LogP contribution is -2.44. The quantitative estimate of drug-likeness (QED) is 0.919. The van der Waals surface area contributed by atoms with E-state index in [0.717, 1.165) is 31.7 Å². The highest BCUT2D eigenvalue weighted by molar-refractivity contribution is 5.56. The predicted molar refractivity (Wildman–Crippen MR) is 73.9 cm³/mol. The Labute approximate surface area is 117 Å². The number of hydrogen-bond donors (Lipinski definition) is 1. The van der Waals surface area contributed by atoms with Crippen molar-refractivity contribution >= 4 is 5.69 Å². The van der Waals surface area contributed by atoms with Crippen LogP contribution in [0, 0.1) is 0 Å². The summed E-state index contributed by atoms with van der Waals surface area (Å²) in [6.07, 6.45) is -4.29. The summed E-state index contributed by atoms with van der Waals surface area (Å²) >= 11 is 0. The van der Waals surface area contributed by atoms with Crippen LogP contribution in [0.1, 0.15) is 11.1 Å². The fraction of sp³-hybridized carbons (Fsp3) is 0.571. The molecule has 0 radical (unpaired) electrons. The van der Waals surface area contributed by atoms with Gasteiger partial charge in [0, 0.05) is 38.4 Å². The van der Waals surface area contributed by atoms with Gasteiger partial charge in [0.2, 0.25) is 0 Å². The second-order valence-electron chi connectivity index (χ2n) is 5.32. The molecule has 0 amide bonds. The average Bonchev–Trinajstić information content (AvgIpc) is 2.38. The molecule has 0 unspecified atom stereocenters. The van der Waals surface area contributed by atoms with E-state index in [1.54, 1.807) is 6.07 Å². The molecule has 0 spiro atoms. The van der Waals surface area contributed by atoms with E-state index < -0.39 is 11.7 Å². The second-order valence-corrected chi connectivity index (χ2v) is 5.32. The van der Waals surface area contributed by atoms with Crippen molar-refractivity contribution < 1.29 is 13.2 Å². The molecule has 1 N–H and O–H groups in total. The van der Waals surface area contributed by atoms with Crippen molar-refractivity contribution in [3.8, 4) is 0 Å². The Kier molecular flexibility index (Phi) is 4.55. The maximum atomic E-state index is 12.9. The minimum atomic E-state index is -4.29. The molecule has 1 heterocycles. The SMILES string of the molecule is CN(C)Cc1ccc(C(F)(F)F)cc1N1CCNCC1. The maximum absolute atomic E-state index is 12.9. The van der Waals surface area contributed by atoms with Gasteiger partial charge in [0.05, 0.1) is 5.56 Å². The van der Waals surface area contributed by atoms with E-state index in [4.69, 9.17) is 0 Å². The van der Waals surface area contributed by atoms with Crippen LogP contribution in [-0.4, -0.2) is 45.2 Å². The maximum Gasteiger partial charge on any atom is 0.416 e. The molecule has 3 nitrogen and oxygen atoms in total. The van der Waals surface area contributed by atoms with Gasteiger partial charge < -0.3 is 15.1 Å². The lowest BCUT2D eigenvalue weighted by atomic mass is 10.1. The van der Waals surface area contributed by atoms with Gasteiger partial charge in [0.15, 0.2) is 0 Å². The van der Waals surface area contributed by atoms with E-state index in [1.807, 2.05) is 23.9 Å². The number of piperazine rings is 1. The van der Waals surface area contributed by atoms with Crippen molar-refractivity contribution in [2.24, 2.45) is 0 Å². The Morgan fingerprint density at radius 2 is 1.85 bits per heavy atom. The van der Waals surface area contributed by atoms with Gasteiger partial charge in [0.25, 0.3) is 0 Å². The zero-order valence-electron chi connectivity index (χ0n) is 11.8. The van der Waals surface area contributed by atoms with Gasteiger partial charge in [-0.25, -0.2) is 0 Å². The standard InChI is InChI=1S/C14H20F3N3/c1-19(2)10-11-3-4-12(14(15,16)17)9-13(11)20-7-5-18-6-8-20/h3-4,9,18H,5-8,10H2,1-2H3. The summed E-state index contributed by atoms with van der Waals surface area (Å²) in [5, 5.41) is 3.22. The van der Waals surface area contributed by atoms with Crippen LogP contribution >= 0.6 is 0 Å². The number of benzene rings is 1. The number of alkyl halides is 3. The van der Waals surface area contributed by atoms with E-state index in [0.29, 0.717) is 12.2 Å². The molecule has 2 rings (SSSR count). The molecule has 1 aromatic carbocycles. The van der Waals surface area contributed by atoms with Gasteiger partial charge in [-0.3, -0.25) is 0 Å². The zero-order valence-corrected chi connectivity index (χ0v) is 11.8. The molecular formula is C14H20F3N3. The summed E-state index contributed by atoms with van der Waals surface area (Å²) in [5.74, 6) is 0. The van der Waals surface area contributed by atoms with Crippen LogP contribution in [0.5, 0.6) is 0 Å². The minimum Gasteiger partial charge on any atom is -0.369 e. The van der Waals surface area contributed by atoms with Gasteiger partial charge in [-0.1, -0.05) is 6.07 Å². The highest BCUT2D eigenvalue weighted by atomic mass is 19.4. The molecule has 0 saturated carbocycles. The van der Waals surface area contributed by atoms with Crippen LogP contribution in [0.15, 0.2) is 18.2 Å². The molecule has 1 saturated heterocycles. The Hall–Kier alpha value is -1.27. The van der Waals surface area contributed by atoms with Crippen LogP contribution in [0.4, 0.5) is 18.9 Å². The molecule has 0 atom stereocenters. The van der Waals surface area contributed by atoms with E-state index in [1.165, 1.54) is 12.1 Å². The Balaban J connectivity index is 2.36. The summed E-state index contributed by atoms with van der Waals surface area (Å²) in [7, 11) is 3.83. The first kappa shape index (κ1) is 15.1. The van der Waals surface area contributed by atoms with Crippen molar-refractivity contribution in [1.29, 1.82) is 0 Å². The molecule has 1 fully saturated rings. The zero-order chi connectivity index (χ0) is 14.8. The van der Waals surface area contributed by atoms with Crippen molar-refractivity contribution in [2.75, 3.05) is 45.2 Å². The summed E-state index contributed by atoms with van der Waals surface area (Å²) in [5.41, 5.74) is 1.06. The third-order valence-corrected chi connectivity index (χ3v) is 3.36. The van der Waals surface area contributed by atoms with E-state index in [2.05, 4.69) is 5.32 Å². The van der Waals surface area contributed by atoms with Gasteiger partial charge in [0.1, 0.15) is 0 Å². The molecule has 0 bridgehead atoms. The topological polar surface area (TPSA) is 18.5 Å². The summed E-state index contributed by atoms with van der Waals surface area (Å²) < 4.78 is 38.7. The third-order valence-electron chi connectivity index (χ3n) is 3.36. The van der Waals surface area contributed by atoms with E-state index in [-0.39, 0.29) is 0 Å². The molecule has 6 heteroatoms. The van der Waals surface area contributed by atoms with Gasteiger partial charge in [-0.15, -0.1) is 0 Å². The predicted octanol–water partition coefficient (Wildman–Crippen LogP) is 2.18. The number of rotatable bonds is 3. The number of hydrogen-bond acceptors (Lipinski definition) is 3. The summed E-state index contributed by atoms with van der Waals surface area (Å²) in [6, 6.07) is 4.05. The summed E-state index contributed by atoms with van der Waals surface area (Å²) in [6.45, 7) is 3.72. The smallest absolute Gasteiger partial charge is 0.369 e. The second kappa shape index (κ2) is 6.01. The highest BCUT2D eigenvalue weighted by Gasteiger charge is 2.31. The molecule has 0 aliphatic carbocycles. The molecule has 1 aromatic rings. The van der Waals surface area contributed by atoms with Crippen molar-refractivity contribution in [3.05, 3.63) is 29.3 Å². The lowest BCUT2D eigenvalue weighted by Gasteiger charge is -2.32. The largest absolute Gasteiger partial charge is 0.416 e. The molecular weight excluding hydrogens is 267 g/mol. The highest BCUT2D eigenvalue weighted by Crippen LogP contribution is 2.34. The number of anilines is 1. The fourth-order valence-corrected chi connectivity index (χ4v) is 2.41. The van der Waals surface area contributed by atoms with E-state index >= 15 is 0 Å². The van der Waals surface area contributed by atoms with Crippen LogP contribution < -0.4 is 10.2 Å². The molecule has 112 valence electrons. The molecule has 0 aromatic heterocycles. The average molecular weight is 287 g/mol. The van der Waals surface area contributed by atoms with Crippen molar-refractivity contribution in [3.63, 3.8) is 0 Å². The lowest BCUT2D eigenvalue weighted by molar-refractivity contribution is -0.137. The van der Waals surface area contributed by atoms with Gasteiger partial charge >= 0.3 is 6.18 Å².